The minimum absolute atomic E-state index is 0.218. The van der Waals surface area contributed by atoms with Crippen LogP contribution in [-0.4, -0.2) is 59.1 Å². The summed E-state index contributed by atoms with van der Waals surface area (Å²) in [5.41, 5.74) is 0.593. The van der Waals surface area contributed by atoms with Crippen molar-refractivity contribution in [3.05, 3.63) is 23.8 Å². The number of ketones is 1. The quantitative estimate of drug-likeness (QED) is 0.593. The summed E-state index contributed by atoms with van der Waals surface area (Å²) in [6, 6.07) is 1.98. The van der Waals surface area contributed by atoms with E-state index in [1.807, 2.05) is 0 Å². The number of aliphatic carboxylic acids is 1. The van der Waals surface area contributed by atoms with Gasteiger partial charge in [-0.05, 0) is 32.0 Å². The molecule has 0 bridgehead atoms. The summed E-state index contributed by atoms with van der Waals surface area (Å²) >= 11 is 0. The van der Waals surface area contributed by atoms with Crippen LogP contribution in [0.3, 0.4) is 0 Å². The summed E-state index contributed by atoms with van der Waals surface area (Å²) in [5, 5.41) is 20.1. The zero-order chi connectivity index (χ0) is 18.7. The van der Waals surface area contributed by atoms with E-state index in [0.29, 0.717) is 11.3 Å². The first-order valence-corrected chi connectivity index (χ1v) is 7.50. The fraction of sp³-hybridized carbons (Fsp3) is 0.375. The summed E-state index contributed by atoms with van der Waals surface area (Å²) in [6.07, 6.45) is 0. The van der Waals surface area contributed by atoms with Crippen molar-refractivity contribution in [2.24, 2.45) is 0 Å². The van der Waals surface area contributed by atoms with Crippen molar-refractivity contribution in [3.63, 3.8) is 0 Å². The van der Waals surface area contributed by atoms with Crippen molar-refractivity contribution < 1.29 is 34.1 Å². The number of Topliss-reactive ketones (excluding diaryl/α,β-unsaturated/α-hetero) is 1. The lowest BCUT2D eigenvalue weighted by atomic mass is 10.1. The standard InChI is InChI=1S/C16H18N2O7/c1-8(15(22)17-11(6-19)16(23)24)18-12-5-10(9(2)20)3-4-13(12)25-7-14(18)21/h3-5,8,11,19H,6-7H2,1-2H3,(H,17,22)(H,23,24). The van der Waals surface area contributed by atoms with Gasteiger partial charge in [0.05, 0.1) is 12.3 Å². The summed E-state index contributed by atoms with van der Waals surface area (Å²) in [4.78, 5) is 48.2. The minimum atomic E-state index is -1.48. The molecule has 2 amide bonds. The molecule has 1 heterocycles. The van der Waals surface area contributed by atoms with Crippen molar-refractivity contribution >= 4 is 29.3 Å². The molecule has 0 radical (unpaired) electrons. The highest BCUT2D eigenvalue weighted by Gasteiger charge is 2.34. The van der Waals surface area contributed by atoms with Gasteiger partial charge >= 0.3 is 5.97 Å². The number of aliphatic hydroxyl groups is 1. The predicted molar refractivity (Wildman–Crippen MR) is 85.5 cm³/mol. The number of hydrogen-bond acceptors (Lipinski definition) is 6. The van der Waals surface area contributed by atoms with Gasteiger partial charge in [-0.1, -0.05) is 0 Å². The van der Waals surface area contributed by atoms with E-state index in [2.05, 4.69) is 5.32 Å². The Balaban J connectivity index is 2.33. The van der Waals surface area contributed by atoms with Crippen LogP contribution in [0, 0.1) is 0 Å². The average molecular weight is 350 g/mol. The fourth-order valence-electron chi connectivity index (χ4n) is 2.41. The Morgan fingerprint density at radius 3 is 2.60 bits per heavy atom. The molecule has 9 heteroatoms. The zero-order valence-corrected chi connectivity index (χ0v) is 13.7. The Bertz CT molecular complexity index is 731. The molecule has 134 valence electrons. The van der Waals surface area contributed by atoms with Crippen molar-refractivity contribution in [2.45, 2.75) is 25.9 Å². The molecule has 9 nitrogen and oxygen atoms in total. The third-order valence-corrected chi connectivity index (χ3v) is 3.81. The number of carboxylic acids is 1. The second kappa shape index (κ2) is 7.31. The van der Waals surface area contributed by atoms with Gasteiger partial charge in [-0.15, -0.1) is 0 Å². The van der Waals surface area contributed by atoms with Crippen molar-refractivity contribution in [1.29, 1.82) is 0 Å². The van der Waals surface area contributed by atoms with Gasteiger partial charge in [0.1, 0.15) is 17.8 Å². The number of carboxylic acid groups (broad SMARTS) is 1. The van der Waals surface area contributed by atoms with Gasteiger partial charge in [-0.25, -0.2) is 4.79 Å². The Morgan fingerprint density at radius 1 is 1.36 bits per heavy atom. The first-order chi connectivity index (χ1) is 11.8. The van der Waals surface area contributed by atoms with E-state index in [4.69, 9.17) is 14.9 Å². The van der Waals surface area contributed by atoms with Gasteiger partial charge in [-0.2, -0.15) is 0 Å². The number of hydrogen-bond donors (Lipinski definition) is 3. The van der Waals surface area contributed by atoms with E-state index < -0.39 is 36.5 Å². The molecule has 3 N–H and O–H groups in total. The third-order valence-electron chi connectivity index (χ3n) is 3.81. The molecule has 1 aromatic carbocycles. The Morgan fingerprint density at radius 2 is 2.04 bits per heavy atom. The minimum Gasteiger partial charge on any atom is -0.482 e. The second-order valence-corrected chi connectivity index (χ2v) is 5.55. The summed E-state index contributed by atoms with van der Waals surface area (Å²) < 4.78 is 5.30. The molecule has 2 unspecified atom stereocenters. The number of nitrogens with one attached hydrogen (secondary N) is 1. The van der Waals surface area contributed by atoms with Crippen molar-refractivity contribution in [1.82, 2.24) is 5.32 Å². The zero-order valence-electron chi connectivity index (χ0n) is 13.7. The van der Waals surface area contributed by atoms with Crippen molar-refractivity contribution in [2.75, 3.05) is 18.1 Å². The number of nitrogens with zero attached hydrogens (tertiary/aromatic N) is 1. The van der Waals surface area contributed by atoms with Crippen LogP contribution in [-0.2, 0) is 14.4 Å². The van der Waals surface area contributed by atoms with Gasteiger partial charge < -0.3 is 20.3 Å². The molecule has 0 aromatic heterocycles. The first kappa shape index (κ1) is 18.4. The Hall–Kier alpha value is -2.94. The van der Waals surface area contributed by atoms with Gasteiger partial charge in [0.25, 0.3) is 5.91 Å². The van der Waals surface area contributed by atoms with Crippen LogP contribution in [0.15, 0.2) is 18.2 Å². The average Bonchev–Trinajstić information content (AvgIpc) is 2.57. The maximum atomic E-state index is 12.3. The van der Waals surface area contributed by atoms with Crippen LogP contribution in [0.5, 0.6) is 5.75 Å². The Kier molecular flexibility index (Phi) is 5.38. The van der Waals surface area contributed by atoms with E-state index in [1.54, 1.807) is 6.07 Å². The monoisotopic (exact) mass is 350 g/mol. The van der Waals surface area contributed by atoms with Crippen LogP contribution in [0.2, 0.25) is 0 Å². The number of anilines is 1. The highest BCUT2D eigenvalue weighted by Crippen LogP contribution is 2.34. The highest BCUT2D eigenvalue weighted by molar-refractivity contribution is 6.05. The fourth-order valence-corrected chi connectivity index (χ4v) is 2.41. The predicted octanol–water partition coefficient (Wildman–Crippen LogP) is -0.435. The van der Waals surface area contributed by atoms with Gasteiger partial charge in [0.2, 0.25) is 5.91 Å². The number of rotatable bonds is 6. The number of aliphatic hydroxyl groups excluding tert-OH is 1. The van der Waals surface area contributed by atoms with Crippen LogP contribution in [0.4, 0.5) is 5.69 Å². The molecule has 0 spiro atoms. The topological polar surface area (TPSA) is 133 Å². The molecular formula is C16H18N2O7. The summed E-state index contributed by atoms with van der Waals surface area (Å²) in [6.45, 7) is 1.72. The van der Waals surface area contributed by atoms with Crippen LogP contribution in [0.25, 0.3) is 0 Å². The van der Waals surface area contributed by atoms with Crippen LogP contribution in [0.1, 0.15) is 24.2 Å². The Labute approximate surface area is 143 Å². The molecular weight excluding hydrogens is 332 g/mol. The smallest absolute Gasteiger partial charge is 0.328 e. The van der Waals surface area contributed by atoms with Gasteiger partial charge in [0.15, 0.2) is 12.4 Å². The molecule has 1 aliphatic heterocycles. The maximum absolute atomic E-state index is 12.3. The molecule has 0 saturated heterocycles. The number of carbonyl (C=O) groups is 4. The van der Waals surface area contributed by atoms with E-state index in [-0.39, 0.29) is 18.1 Å². The summed E-state index contributed by atoms with van der Waals surface area (Å²) in [7, 11) is 0. The second-order valence-electron chi connectivity index (χ2n) is 5.55. The van der Waals surface area contributed by atoms with Crippen LogP contribution >= 0.6 is 0 Å². The number of benzene rings is 1. The molecule has 25 heavy (non-hydrogen) atoms. The normalized spacial score (nSPS) is 15.6. The molecule has 1 aliphatic rings. The number of amides is 2. The highest BCUT2D eigenvalue weighted by atomic mass is 16.5. The number of ether oxygens (including phenoxy) is 1. The third kappa shape index (κ3) is 3.77. The van der Waals surface area contributed by atoms with Crippen molar-refractivity contribution in [3.8, 4) is 5.75 Å². The number of fused-ring (bicyclic) bond motifs is 1. The molecule has 0 aliphatic carbocycles. The van der Waals surface area contributed by atoms with E-state index in [9.17, 15) is 19.2 Å². The largest absolute Gasteiger partial charge is 0.482 e. The molecule has 1 aromatic rings. The van der Waals surface area contributed by atoms with E-state index in [1.165, 1.54) is 26.0 Å². The lowest BCUT2D eigenvalue weighted by Crippen LogP contribution is -2.55. The van der Waals surface area contributed by atoms with Crippen LogP contribution < -0.4 is 15.0 Å². The summed E-state index contributed by atoms with van der Waals surface area (Å²) in [5.74, 6) is -2.54. The SMILES string of the molecule is CC(=O)c1ccc2c(c1)N(C(C)C(=O)NC(CO)C(=O)O)C(=O)CO2. The molecule has 0 saturated carbocycles. The molecule has 2 atom stereocenters. The van der Waals surface area contributed by atoms with E-state index in [0.717, 1.165) is 4.90 Å². The first-order valence-electron chi connectivity index (χ1n) is 7.50. The van der Waals surface area contributed by atoms with Gasteiger partial charge in [0, 0.05) is 5.56 Å². The molecule has 0 fully saturated rings. The maximum Gasteiger partial charge on any atom is 0.328 e. The van der Waals surface area contributed by atoms with E-state index >= 15 is 0 Å². The number of carbonyl (C=O) groups excluding carboxylic acids is 3. The lowest BCUT2D eigenvalue weighted by molar-refractivity contribution is -0.143. The van der Waals surface area contributed by atoms with Gasteiger partial charge in [-0.3, -0.25) is 19.3 Å². The lowest BCUT2D eigenvalue weighted by Gasteiger charge is -2.33. The molecule has 2 rings (SSSR count).